The zero-order chi connectivity index (χ0) is 16.0. The van der Waals surface area contributed by atoms with Gasteiger partial charge in [-0.2, -0.15) is 0 Å². The fourth-order valence-electron chi connectivity index (χ4n) is 3.30. The monoisotopic (exact) mass is 307 g/mol. The van der Waals surface area contributed by atoms with E-state index >= 15 is 0 Å². The molecule has 1 N–H and O–H groups in total. The van der Waals surface area contributed by atoms with E-state index in [1.54, 1.807) is 13.8 Å². The van der Waals surface area contributed by atoms with Crippen LogP contribution < -0.4 is 0 Å². The van der Waals surface area contributed by atoms with Crippen LogP contribution in [-0.2, 0) is 19.1 Å². The Bertz CT molecular complexity index is 620. The number of carbonyl (C=O) groups excluding carboxylic acids is 2. The van der Waals surface area contributed by atoms with Gasteiger partial charge in [-0.15, -0.1) is 0 Å². The van der Waals surface area contributed by atoms with Gasteiger partial charge >= 0.3 is 12.1 Å². The highest BCUT2D eigenvalue weighted by Crippen LogP contribution is 2.42. The topological polar surface area (TPSA) is 93.1 Å². The molecule has 7 heteroatoms. The van der Waals surface area contributed by atoms with Crippen LogP contribution in [0.5, 0.6) is 0 Å². The summed E-state index contributed by atoms with van der Waals surface area (Å²) < 4.78 is 10.5. The summed E-state index contributed by atoms with van der Waals surface area (Å²) in [6, 6.07) is -0.302. The summed E-state index contributed by atoms with van der Waals surface area (Å²) in [5.74, 6) is -1.11. The van der Waals surface area contributed by atoms with Crippen LogP contribution in [0, 0.1) is 5.92 Å². The number of amides is 2. The van der Waals surface area contributed by atoms with E-state index in [1.807, 2.05) is 0 Å². The summed E-state index contributed by atoms with van der Waals surface area (Å²) in [5, 5.41) is 9.20. The van der Waals surface area contributed by atoms with E-state index in [4.69, 9.17) is 9.47 Å². The lowest BCUT2D eigenvalue weighted by Gasteiger charge is -2.16. The smallest absolute Gasteiger partial charge is 0.414 e. The number of nitrogens with zero attached hydrogens (tertiary/aromatic N) is 1. The number of carbonyl (C=O) groups is 3. The minimum absolute atomic E-state index is 0.133. The summed E-state index contributed by atoms with van der Waals surface area (Å²) in [7, 11) is 0. The first-order chi connectivity index (χ1) is 10.4. The molecule has 1 saturated carbocycles. The number of ether oxygens (including phenoxy) is 2. The minimum Gasteiger partial charge on any atom is -0.465 e. The van der Waals surface area contributed by atoms with E-state index < -0.39 is 24.3 Å². The molecule has 3 atom stereocenters. The van der Waals surface area contributed by atoms with Crippen molar-refractivity contribution in [2.75, 3.05) is 0 Å². The van der Waals surface area contributed by atoms with Gasteiger partial charge in [0.05, 0.1) is 17.9 Å². The number of hydrogen-bond donors (Lipinski definition) is 1. The molecule has 1 aliphatic carbocycles. The van der Waals surface area contributed by atoms with E-state index in [1.165, 1.54) is 6.26 Å². The zero-order valence-corrected chi connectivity index (χ0v) is 12.4. The summed E-state index contributed by atoms with van der Waals surface area (Å²) in [6.07, 6.45) is 1.51. The van der Waals surface area contributed by atoms with Crippen LogP contribution >= 0.6 is 0 Å². The number of fused-ring (bicyclic) bond motifs is 1. The molecule has 1 unspecified atom stereocenters. The molecule has 2 fully saturated rings. The Hall–Kier alpha value is -2.31. The molecular formula is C15H17NO6. The molecule has 2 aliphatic heterocycles. The van der Waals surface area contributed by atoms with E-state index in [9.17, 15) is 19.5 Å². The first-order valence-corrected chi connectivity index (χ1v) is 7.22. The maximum Gasteiger partial charge on any atom is 0.414 e. The highest BCUT2D eigenvalue weighted by atomic mass is 16.7. The summed E-state index contributed by atoms with van der Waals surface area (Å²) >= 11 is 0. The van der Waals surface area contributed by atoms with Crippen molar-refractivity contribution in [1.29, 1.82) is 0 Å². The second-order valence-electron chi connectivity index (χ2n) is 5.82. The van der Waals surface area contributed by atoms with Crippen molar-refractivity contribution in [3.8, 4) is 0 Å². The Labute approximate surface area is 127 Å². The number of imide groups is 1. The van der Waals surface area contributed by atoms with Gasteiger partial charge in [0.2, 0.25) is 0 Å². The van der Waals surface area contributed by atoms with Crippen LogP contribution in [0.3, 0.4) is 0 Å². The first kappa shape index (κ1) is 14.6. The Kier molecular flexibility index (Phi) is 3.42. The SMILES string of the molecule is CC1=C(C)C(O/C=C2/C(=O)N(C(=O)O)[C@@H]3CCC[C@H]23)OC1=O. The second-order valence-corrected chi connectivity index (χ2v) is 5.82. The molecule has 0 aromatic carbocycles. The molecule has 0 radical (unpaired) electrons. The van der Waals surface area contributed by atoms with Gasteiger partial charge < -0.3 is 14.6 Å². The van der Waals surface area contributed by atoms with Gasteiger partial charge in [0.25, 0.3) is 12.2 Å². The number of cyclic esters (lactones) is 1. The van der Waals surface area contributed by atoms with Gasteiger partial charge in [-0.1, -0.05) is 6.42 Å². The molecule has 0 aromatic rings. The predicted molar refractivity (Wildman–Crippen MR) is 73.4 cm³/mol. The van der Waals surface area contributed by atoms with E-state index in [0.29, 0.717) is 23.1 Å². The van der Waals surface area contributed by atoms with Crippen LogP contribution in [0.15, 0.2) is 23.0 Å². The molecule has 0 aromatic heterocycles. The maximum absolute atomic E-state index is 12.3. The van der Waals surface area contributed by atoms with Crippen LogP contribution in [0.2, 0.25) is 0 Å². The molecule has 3 rings (SSSR count). The van der Waals surface area contributed by atoms with Crippen molar-refractivity contribution >= 4 is 18.0 Å². The maximum atomic E-state index is 12.3. The highest BCUT2D eigenvalue weighted by molar-refractivity contribution is 6.05. The van der Waals surface area contributed by atoms with Crippen molar-refractivity contribution < 1.29 is 29.0 Å². The number of rotatable bonds is 2. The summed E-state index contributed by atoms with van der Waals surface area (Å²) in [5.41, 5.74) is 1.50. The second kappa shape index (κ2) is 5.15. The lowest BCUT2D eigenvalue weighted by atomic mass is 9.99. The zero-order valence-electron chi connectivity index (χ0n) is 12.4. The highest BCUT2D eigenvalue weighted by Gasteiger charge is 2.49. The third-order valence-electron chi connectivity index (χ3n) is 4.67. The summed E-state index contributed by atoms with van der Waals surface area (Å²) in [6.45, 7) is 3.37. The molecule has 2 amide bonds. The number of carboxylic acid groups (broad SMARTS) is 1. The average molecular weight is 307 g/mol. The number of hydrogen-bond acceptors (Lipinski definition) is 5. The molecule has 7 nitrogen and oxygen atoms in total. The Morgan fingerprint density at radius 1 is 1.36 bits per heavy atom. The third-order valence-corrected chi connectivity index (χ3v) is 4.67. The van der Waals surface area contributed by atoms with Crippen molar-refractivity contribution in [1.82, 2.24) is 4.90 Å². The van der Waals surface area contributed by atoms with E-state index in [2.05, 4.69) is 0 Å². The minimum atomic E-state index is -1.23. The lowest BCUT2D eigenvalue weighted by Crippen LogP contribution is -2.37. The van der Waals surface area contributed by atoms with Crippen LogP contribution in [-0.4, -0.2) is 40.3 Å². The molecule has 22 heavy (non-hydrogen) atoms. The average Bonchev–Trinajstić information content (AvgIpc) is 3.07. The van der Waals surface area contributed by atoms with Gasteiger partial charge in [0, 0.05) is 17.1 Å². The van der Waals surface area contributed by atoms with Crippen molar-refractivity contribution in [2.24, 2.45) is 5.92 Å². The van der Waals surface area contributed by atoms with Gasteiger partial charge in [-0.25, -0.2) is 14.5 Å². The Morgan fingerprint density at radius 3 is 2.68 bits per heavy atom. The first-order valence-electron chi connectivity index (χ1n) is 7.22. The molecule has 1 saturated heterocycles. The lowest BCUT2D eigenvalue weighted by molar-refractivity contribution is -0.153. The van der Waals surface area contributed by atoms with Gasteiger partial charge in [0.15, 0.2) is 0 Å². The Balaban J connectivity index is 1.81. The molecular weight excluding hydrogens is 290 g/mol. The fourth-order valence-corrected chi connectivity index (χ4v) is 3.30. The van der Waals surface area contributed by atoms with Gasteiger partial charge in [-0.3, -0.25) is 4.79 Å². The van der Waals surface area contributed by atoms with Crippen molar-refractivity contribution in [2.45, 2.75) is 45.4 Å². The molecule has 0 spiro atoms. The molecule has 0 bridgehead atoms. The predicted octanol–water partition coefficient (Wildman–Crippen LogP) is 1.80. The number of esters is 1. The third kappa shape index (κ3) is 2.08. The normalized spacial score (nSPS) is 32.7. The van der Waals surface area contributed by atoms with Crippen molar-refractivity contribution in [3.63, 3.8) is 0 Å². The fraction of sp³-hybridized carbons (Fsp3) is 0.533. The summed E-state index contributed by atoms with van der Waals surface area (Å²) in [4.78, 5) is 35.8. The molecule has 118 valence electrons. The van der Waals surface area contributed by atoms with E-state index in [0.717, 1.165) is 17.7 Å². The largest absolute Gasteiger partial charge is 0.465 e. The standard InChI is InChI=1S/C15H17NO6/c1-7-8(2)14(22-13(7)18)21-6-10-9-4-3-5-11(9)16(12(10)17)15(19)20/h6,9,11,14H,3-5H2,1-2H3,(H,19,20)/b10-6+/t9-,11-,14?/m1/s1. The molecule has 3 aliphatic rings. The molecule has 2 heterocycles. The van der Waals surface area contributed by atoms with Gasteiger partial charge in [0.1, 0.15) is 0 Å². The van der Waals surface area contributed by atoms with Crippen LogP contribution in [0.4, 0.5) is 4.79 Å². The van der Waals surface area contributed by atoms with E-state index in [-0.39, 0.29) is 12.0 Å². The van der Waals surface area contributed by atoms with Crippen LogP contribution in [0.1, 0.15) is 33.1 Å². The van der Waals surface area contributed by atoms with Crippen LogP contribution in [0.25, 0.3) is 0 Å². The van der Waals surface area contributed by atoms with Gasteiger partial charge in [-0.05, 0) is 26.7 Å². The quantitative estimate of drug-likeness (QED) is 0.475. The Morgan fingerprint density at radius 2 is 2.09 bits per heavy atom. The van der Waals surface area contributed by atoms with Crippen molar-refractivity contribution in [3.05, 3.63) is 23.0 Å². The number of likely N-dealkylation sites (tertiary alicyclic amines) is 1.